The lowest BCUT2D eigenvalue weighted by molar-refractivity contribution is 0.0699. The first kappa shape index (κ1) is 13.4. The molecule has 0 aliphatic carbocycles. The average Bonchev–Trinajstić information content (AvgIpc) is 2.85. The largest absolute Gasteiger partial charge is 0.478 e. The molecule has 1 heterocycles. The van der Waals surface area contributed by atoms with Gasteiger partial charge in [0.25, 0.3) is 0 Å². The molecular weight excluding hydrogens is 297 g/mol. The third-order valence-corrected chi connectivity index (χ3v) is 3.24. The topological polar surface area (TPSA) is 78.0 Å². The molecule has 0 amide bonds. The Labute approximate surface area is 123 Å². The van der Waals surface area contributed by atoms with Gasteiger partial charge in [-0.1, -0.05) is 23.7 Å². The van der Waals surface area contributed by atoms with Crippen LogP contribution in [0.2, 0.25) is 5.02 Å². The van der Waals surface area contributed by atoms with E-state index in [0.717, 1.165) is 0 Å². The van der Waals surface area contributed by atoms with Crippen LogP contribution in [-0.2, 0) is 0 Å². The molecule has 0 bridgehead atoms. The van der Waals surface area contributed by atoms with Gasteiger partial charge in [0.15, 0.2) is 5.82 Å². The molecule has 0 fully saturated rings. The molecule has 21 heavy (non-hydrogen) atoms. The minimum atomic E-state index is -1.08. The molecule has 7 heteroatoms. The predicted octanol–water partition coefficient (Wildman–Crippen LogP) is 3.80. The summed E-state index contributed by atoms with van der Waals surface area (Å²) in [6.07, 6.45) is 0. The van der Waals surface area contributed by atoms with Gasteiger partial charge in [-0.05, 0) is 24.3 Å². The first-order valence-corrected chi connectivity index (χ1v) is 6.37. The second kappa shape index (κ2) is 5.06. The number of carboxylic acid groups (broad SMARTS) is 1. The lowest BCUT2D eigenvalue weighted by Crippen LogP contribution is -1.97. The third-order valence-electron chi connectivity index (χ3n) is 2.95. The van der Waals surface area contributed by atoms with Crippen molar-refractivity contribution in [1.82, 2.24) is 9.97 Å². The molecule has 2 aromatic carbocycles. The highest BCUT2D eigenvalue weighted by molar-refractivity contribution is 6.31. The lowest BCUT2D eigenvalue weighted by atomic mass is 10.2. The van der Waals surface area contributed by atoms with Gasteiger partial charge in [-0.15, -0.1) is 0 Å². The van der Waals surface area contributed by atoms with Crippen LogP contribution in [0.15, 0.2) is 36.4 Å². The van der Waals surface area contributed by atoms with Crippen molar-refractivity contribution >= 4 is 40.2 Å². The lowest BCUT2D eigenvalue weighted by Gasteiger charge is -2.04. The smallest absolute Gasteiger partial charge is 0.337 e. The zero-order valence-corrected chi connectivity index (χ0v) is 11.3. The normalized spacial score (nSPS) is 10.8. The molecule has 0 aliphatic heterocycles. The summed E-state index contributed by atoms with van der Waals surface area (Å²) < 4.78 is 13.8. The second-order valence-corrected chi connectivity index (χ2v) is 4.73. The predicted molar refractivity (Wildman–Crippen MR) is 77.7 cm³/mol. The van der Waals surface area contributed by atoms with E-state index in [2.05, 4.69) is 15.3 Å². The van der Waals surface area contributed by atoms with Crippen LogP contribution >= 0.6 is 11.6 Å². The van der Waals surface area contributed by atoms with E-state index in [1.165, 1.54) is 18.2 Å². The fourth-order valence-corrected chi connectivity index (χ4v) is 2.17. The Balaban J connectivity index is 2.04. The molecule has 1 aromatic heterocycles. The van der Waals surface area contributed by atoms with Gasteiger partial charge in [0.1, 0.15) is 5.52 Å². The molecule has 0 saturated carbocycles. The highest BCUT2D eigenvalue weighted by atomic mass is 35.5. The molecule has 3 rings (SSSR count). The number of carbonyl (C=O) groups is 1. The second-order valence-electron chi connectivity index (χ2n) is 4.32. The molecule has 106 valence electrons. The van der Waals surface area contributed by atoms with Gasteiger partial charge in [-0.25, -0.2) is 14.2 Å². The monoisotopic (exact) mass is 305 g/mol. The van der Waals surface area contributed by atoms with Gasteiger partial charge in [-0.3, -0.25) is 0 Å². The summed E-state index contributed by atoms with van der Waals surface area (Å²) in [5, 5.41) is 11.8. The van der Waals surface area contributed by atoms with E-state index in [1.54, 1.807) is 18.2 Å². The standard InChI is InChI=1S/C14H9ClFN3O2/c15-8-4-2-5-9(11(8)16)17-14-18-10-6-1-3-7(13(20)21)12(10)19-14/h1-6H,(H,20,21)(H2,17,18,19). The number of para-hydroxylation sites is 1. The Morgan fingerprint density at radius 2 is 2.05 bits per heavy atom. The Bertz CT molecular complexity index is 847. The maximum absolute atomic E-state index is 13.8. The zero-order valence-electron chi connectivity index (χ0n) is 10.5. The van der Waals surface area contributed by atoms with E-state index in [0.29, 0.717) is 11.0 Å². The van der Waals surface area contributed by atoms with E-state index < -0.39 is 11.8 Å². The number of hydrogen-bond acceptors (Lipinski definition) is 3. The van der Waals surface area contributed by atoms with E-state index in [-0.39, 0.29) is 22.2 Å². The number of aromatic carboxylic acids is 1. The van der Waals surface area contributed by atoms with Crippen molar-refractivity contribution in [1.29, 1.82) is 0 Å². The molecule has 0 spiro atoms. The molecule has 0 saturated heterocycles. The Hall–Kier alpha value is -2.60. The van der Waals surface area contributed by atoms with Crippen molar-refractivity contribution in [2.24, 2.45) is 0 Å². The Morgan fingerprint density at radius 3 is 2.81 bits per heavy atom. The number of aromatic amines is 1. The SMILES string of the molecule is O=C(O)c1cccc2[nH]c(Nc3cccc(Cl)c3F)nc12. The van der Waals surface area contributed by atoms with Crippen LogP contribution < -0.4 is 5.32 Å². The number of fused-ring (bicyclic) bond motifs is 1. The van der Waals surface area contributed by atoms with Gasteiger partial charge in [0, 0.05) is 0 Å². The summed E-state index contributed by atoms with van der Waals surface area (Å²) in [6, 6.07) is 9.28. The number of halogens is 2. The number of H-pyrrole nitrogens is 1. The van der Waals surface area contributed by atoms with E-state index in [9.17, 15) is 9.18 Å². The summed E-state index contributed by atoms with van der Waals surface area (Å²) in [4.78, 5) is 18.2. The van der Waals surface area contributed by atoms with Crippen LogP contribution in [0.4, 0.5) is 16.0 Å². The first-order valence-electron chi connectivity index (χ1n) is 5.99. The van der Waals surface area contributed by atoms with Crippen LogP contribution in [0.1, 0.15) is 10.4 Å². The van der Waals surface area contributed by atoms with Crippen molar-refractivity contribution < 1.29 is 14.3 Å². The van der Waals surface area contributed by atoms with Crippen molar-refractivity contribution in [2.45, 2.75) is 0 Å². The van der Waals surface area contributed by atoms with E-state index in [4.69, 9.17) is 16.7 Å². The summed E-state index contributed by atoms with van der Waals surface area (Å²) in [5.74, 6) is -1.44. The molecule has 0 aliphatic rings. The van der Waals surface area contributed by atoms with Gasteiger partial charge in [0.2, 0.25) is 5.95 Å². The van der Waals surface area contributed by atoms with Crippen LogP contribution in [0.25, 0.3) is 11.0 Å². The summed E-state index contributed by atoms with van der Waals surface area (Å²) >= 11 is 5.70. The quantitative estimate of drug-likeness (QED) is 0.688. The number of hydrogen-bond donors (Lipinski definition) is 3. The highest BCUT2D eigenvalue weighted by Gasteiger charge is 2.13. The number of nitrogens with zero attached hydrogens (tertiary/aromatic N) is 1. The number of nitrogens with one attached hydrogen (secondary N) is 2. The van der Waals surface area contributed by atoms with E-state index in [1.807, 2.05) is 0 Å². The van der Waals surface area contributed by atoms with Crippen molar-refractivity contribution in [3.8, 4) is 0 Å². The molecule has 3 N–H and O–H groups in total. The van der Waals surface area contributed by atoms with E-state index >= 15 is 0 Å². The number of imidazole rings is 1. The Kier molecular flexibility index (Phi) is 3.23. The fourth-order valence-electron chi connectivity index (χ4n) is 1.99. The minimum absolute atomic E-state index is 0.0117. The van der Waals surface area contributed by atoms with Crippen LogP contribution in [0.3, 0.4) is 0 Å². The molecule has 5 nitrogen and oxygen atoms in total. The number of benzene rings is 2. The third kappa shape index (κ3) is 2.41. The summed E-state index contributed by atoms with van der Waals surface area (Å²) in [5.41, 5.74) is 1.07. The van der Waals surface area contributed by atoms with Crippen LogP contribution in [0, 0.1) is 5.82 Å². The Morgan fingerprint density at radius 1 is 1.29 bits per heavy atom. The number of aromatic nitrogens is 2. The van der Waals surface area contributed by atoms with Gasteiger partial charge in [-0.2, -0.15) is 0 Å². The van der Waals surface area contributed by atoms with Gasteiger partial charge >= 0.3 is 5.97 Å². The van der Waals surface area contributed by atoms with Crippen molar-refractivity contribution in [3.63, 3.8) is 0 Å². The molecular formula is C14H9ClFN3O2. The van der Waals surface area contributed by atoms with Gasteiger partial charge < -0.3 is 15.4 Å². The average molecular weight is 306 g/mol. The fraction of sp³-hybridized carbons (Fsp3) is 0. The molecule has 0 unspecified atom stereocenters. The highest BCUT2D eigenvalue weighted by Crippen LogP contribution is 2.26. The van der Waals surface area contributed by atoms with Crippen molar-refractivity contribution in [2.75, 3.05) is 5.32 Å². The van der Waals surface area contributed by atoms with Crippen molar-refractivity contribution in [3.05, 3.63) is 52.8 Å². The zero-order chi connectivity index (χ0) is 15.0. The maximum Gasteiger partial charge on any atom is 0.337 e. The minimum Gasteiger partial charge on any atom is -0.478 e. The summed E-state index contributed by atoms with van der Waals surface area (Å²) in [6.45, 7) is 0. The number of carboxylic acids is 1. The summed E-state index contributed by atoms with van der Waals surface area (Å²) in [7, 11) is 0. The molecule has 0 atom stereocenters. The molecule has 3 aromatic rings. The van der Waals surface area contributed by atoms with Crippen LogP contribution in [0.5, 0.6) is 0 Å². The molecule has 0 radical (unpaired) electrons. The maximum atomic E-state index is 13.8. The van der Waals surface area contributed by atoms with Gasteiger partial charge in [0.05, 0.1) is 21.8 Å². The first-order chi connectivity index (χ1) is 10.1. The number of anilines is 2. The van der Waals surface area contributed by atoms with Crippen LogP contribution in [-0.4, -0.2) is 21.0 Å². The number of rotatable bonds is 3.